The third-order valence-corrected chi connectivity index (χ3v) is 5.69. The van der Waals surface area contributed by atoms with Gasteiger partial charge in [0.15, 0.2) is 0 Å². The summed E-state index contributed by atoms with van der Waals surface area (Å²) in [5, 5.41) is 1.43. The molecule has 0 aliphatic rings. The van der Waals surface area contributed by atoms with Gasteiger partial charge in [-0.3, -0.25) is 0 Å². The smallest absolute Gasteiger partial charge is 0.418 e. The normalized spacial score (nSPS) is 10.9. The van der Waals surface area contributed by atoms with Crippen LogP contribution in [0.5, 0.6) is 0 Å². The number of aryl methyl sites for hydroxylation is 1. The lowest BCUT2D eigenvalue weighted by Gasteiger charge is -2.11. The van der Waals surface area contributed by atoms with E-state index >= 15 is 0 Å². The van der Waals surface area contributed by atoms with Crippen LogP contribution in [0.3, 0.4) is 0 Å². The van der Waals surface area contributed by atoms with Gasteiger partial charge < -0.3 is 9.47 Å². The summed E-state index contributed by atoms with van der Waals surface area (Å²) in [5.41, 5.74) is 5.55. The number of nitrogens with zero attached hydrogens (tertiary/aromatic N) is 1. The van der Waals surface area contributed by atoms with Crippen molar-refractivity contribution in [3.8, 4) is 22.4 Å². The largest absolute Gasteiger partial charge is 0.465 e. The Bertz CT molecular complexity index is 1340. The molecule has 0 saturated carbocycles. The Balaban J connectivity index is 1.88. The van der Waals surface area contributed by atoms with Crippen molar-refractivity contribution in [3.63, 3.8) is 0 Å². The van der Waals surface area contributed by atoms with E-state index in [9.17, 15) is 9.59 Å². The van der Waals surface area contributed by atoms with Gasteiger partial charge in [0.25, 0.3) is 0 Å². The van der Waals surface area contributed by atoms with E-state index in [-0.39, 0.29) is 12.6 Å². The van der Waals surface area contributed by atoms with Crippen LogP contribution in [0, 0.1) is 6.92 Å². The maximum absolute atomic E-state index is 12.8. The molecule has 0 aliphatic carbocycles. The van der Waals surface area contributed by atoms with Crippen LogP contribution in [0.15, 0.2) is 66.7 Å². The van der Waals surface area contributed by atoms with Gasteiger partial charge in [-0.2, -0.15) is 0 Å². The van der Waals surface area contributed by atoms with Crippen molar-refractivity contribution in [2.45, 2.75) is 13.8 Å². The maximum atomic E-state index is 12.8. The standard InChI is InChI=1S/C26H22ClNO4/c1-4-32-26(30)28-23-12-10-17(20-11-9-18(13-16(20)2)25(29)31-3)14-19(23)15-24(28)21-7-5-6-8-22(21)27/h5-15H,4H2,1-3H3. The van der Waals surface area contributed by atoms with Crippen LogP contribution >= 0.6 is 11.6 Å². The molecule has 0 saturated heterocycles. The second-order valence-corrected chi connectivity index (χ2v) is 7.75. The van der Waals surface area contributed by atoms with Gasteiger partial charge in [0.05, 0.1) is 30.5 Å². The molecular weight excluding hydrogens is 426 g/mol. The first kappa shape index (κ1) is 21.7. The molecule has 3 aromatic carbocycles. The van der Waals surface area contributed by atoms with Crippen LogP contribution in [0.1, 0.15) is 22.8 Å². The number of ether oxygens (including phenoxy) is 2. The summed E-state index contributed by atoms with van der Waals surface area (Å²) in [6, 6.07) is 20.7. The molecule has 0 N–H and O–H groups in total. The fraction of sp³-hybridized carbons (Fsp3) is 0.154. The van der Waals surface area contributed by atoms with E-state index in [1.165, 1.54) is 7.11 Å². The molecule has 0 bridgehead atoms. The molecule has 0 spiro atoms. The van der Waals surface area contributed by atoms with Crippen LogP contribution < -0.4 is 0 Å². The van der Waals surface area contributed by atoms with E-state index in [0.717, 1.165) is 33.2 Å². The molecule has 1 heterocycles. The Labute approximate surface area is 191 Å². The van der Waals surface area contributed by atoms with Crippen LogP contribution in [0.25, 0.3) is 33.3 Å². The summed E-state index contributed by atoms with van der Waals surface area (Å²) >= 11 is 6.44. The highest BCUT2D eigenvalue weighted by Crippen LogP contribution is 2.35. The lowest BCUT2D eigenvalue weighted by Crippen LogP contribution is -2.14. The van der Waals surface area contributed by atoms with Crippen molar-refractivity contribution >= 4 is 34.6 Å². The third-order valence-electron chi connectivity index (χ3n) is 5.36. The number of carbonyl (C=O) groups excluding carboxylic acids is 2. The quantitative estimate of drug-likeness (QED) is 0.325. The van der Waals surface area contributed by atoms with E-state index in [4.69, 9.17) is 21.1 Å². The van der Waals surface area contributed by atoms with Crippen LogP contribution in [0.4, 0.5) is 4.79 Å². The Morgan fingerprint density at radius 2 is 1.75 bits per heavy atom. The van der Waals surface area contributed by atoms with E-state index in [1.54, 1.807) is 23.6 Å². The molecule has 4 aromatic rings. The molecule has 162 valence electrons. The molecule has 0 fully saturated rings. The Kier molecular flexibility index (Phi) is 6.01. The topological polar surface area (TPSA) is 57.5 Å². The molecule has 6 heteroatoms. The predicted molar refractivity (Wildman–Crippen MR) is 126 cm³/mol. The summed E-state index contributed by atoms with van der Waals surface area (Å²) in [6.07, 6.45) is -0.455. The van der Waals surface area contributed by atoms with Crippen molar-refractivity contribution in [2.75, 3.05) is 13.7 Å². The molecule has 0 radical (unpaired) electrons. The van der Waals surface area contributed by atoms with Crippen molar-refractivity contribution in [1.29, 1.82) is 0 Å². The van der Waals surface area contributed by atoms with Gasteiger partial charge in [-0.15, -0.1) is 0 Å². The summed E-state index contributed by atoms with van der Waals surface area (Å²) in [5.74, 6) is -0.369. The summed E-state index contributed by atoms with van der Waals surface area (Å²) in [7, 11) is 1.37. The first-order valence-electron chi connectivity index (χ1n) is 10.2. The summed E-state index contributed by atoms with van der Waals surface area (Å²) in [6.45, 7) is 3.99. The molecule has 4 rings (SSSR count). The lowest BCUT2D eigenvalue weighted by atomic mass is 9.97. The Morgan fingerprint density at radius 1 is 0.969 bits per heavy atom. The highest BCUT2D eigenvalue weighted by molar-refractivity contribution is 6.33. The predicted octanol–water partition coefficient (Wildman–Crippen LogP) is 6.73. The van der Waals surface area contributed by atoms with Crippen molar-refractivity contribution < 1.29 is 19.1 Å². The number of esters is 1. The summed E-state index contributed by atoms with van der Waals surface area (Å²) < 4.78 is 11.7. The monoisotopic (exact) mass is 447 g/mol. The zero-order chi connectivity index (χ0) is 22.8. The van der Waals surface area contributed by atoms with Crippen LogP contribution in [-0.4, -0.2) is 30.3 Å². The zero-order valence-electron chi connectivity index (χ0n) is 18.0. The van der Waals surface area contributed by atoms with Crippen molar-refractivity contribution in [1.82, 2.24) is 4.57 Å². The van der Waals surface area contributed by atoms with Crippen LogP contribution in [0.2, 0.25) is 5.02 Å². The minimum atomic E-state index is -0.455. The maximum Gasteiger partial charge on any atom is 0.418 e. The van der Waals surface area contributed by atoms with Gasteiger partial charge in [-0.1, -0.05) is 41.9 Å². The van der Waals surface area contributed by atoms with Gasteiger partial charge in [0.1, 0.15) is 0 Å². The minimum Gasteiger partial charge on any atom is -0.465 e. The van der Waals surface area contributed by atoms with Gasteiger partial charge >= 0.3 is 12.1 Å². The lowest BCUT2D eigenvalue weighted by molar-refractivity contribution is 0.0600. The summed E-state index contributed by atoms with van der Waals surface area (Å²) in [4.78, 5) is 24.6. The van der Waals surface area contributed by atoms with E-state index in [2.05, 4.69) is 0 Å². The highest BCUT2D eigenvalue weighted by Gasteiger charge is 2.20. The molecular formula is C26H22ClNO4. The fourth-order valence-electron chi connectivity index (χ4n) is 3.87. The Hall–Kier alpha value is -3.57. The van der Waals surface area contributed by atoms with Crippen LogP contribution in [-0.2, 0) is 9.47 Å². The number of carbonyl (C=O) groups is 2. The average Bonchev–Trinajstić information content (AvgIpc) is 3.17. The molecule has 0 aliphatic heterocycles. The molecule has 1 aromatic heterocycles. The molecule has 0 amide bonds. The number of benzene rings is 3. The number of aromatic nitrogens is 1. The van der Waals surface area contributed by atoms with Gasteiger partial charge in [-0.05, 0) is 66.9 Å². The minimum absolute atomic E-state index is 0.268. The van der Waals surface area contributed by atoms with E-state index in [1.807, 2.05) is 61.5 Å². The number of halogens is 1. The van der Waals surface area contributed by atoms with Crippen molar-refractivity contribution in [2.24, 2.45) is 0 Å². The second-order valence-electron chi connectivity index (χ2n) is 7.34. The number of methoxy groups -OCH3 is 1. The van der Waals surface area contributed by atoms with E-state index in [0.29, 0.717) is 16.3 Å². The van der Waals surface area contributed by atoms with Gasteiger partial charge in [0.2, 0.25) is 0 Å². The molecule has 0 atom stereocenters. The molecule has 0 unspecified atom stereocenters. The number of hydrogen-bond donors (Lipinski definition) is 0. The second kappa shape index (κ2) is 8.89. The van der Waals surface area contributed by atoms with Gasteiger partial charge in [-0.25, -0.2) is 14.2 Å². The van der Waals surface area contributed by atoms with Gasteiger partial charge in [0, 0.05) is 16.0 Å². The first-order chi connectivity index (χ1) is 15.4. The Morgan fingerprint density at radius 3 is 2.44 bits per heavy atom. The third kappa shape index (κ3) is 3.87. The first-order valence-corrected chi connectivity index (χ1v) is 10.6. The number of fused-ring (bicyclic) bond motifs is 1. The van der Waals surface area contributed by atoms with Crippen molar-refractivity contribution in [3.05, 3.63) is 82.9 Å². The number of hydrogen-bond acceptors (Lipinski definition) is 4. The fourth-order valence-corrected chi connectivity index (χ4v) is 4.10. The highest BCUT2D eigenvalue weighted by atomic mass is 35.5. The zero-order valence-corrected chi connectivity index (χ0v) is 18.8. The average molecular weight is 448 g/mol. The SMILES string of the molecule is CCOC(=O)n1c(-c2ccccc2Cl)cc2cc(-c3ccc(C(=O)OC)cc3C)ccc21. The number of rotatable bonds is 4. The van der Waals surface area contributed by atoms with E-state index < -0.39 is 6.09 Å². The molecule has 32 heavy (non-hydrogen) atoms. The molecule has 5 nitrogen and oxygen atoms in total.